The largest absolute Gasteiger partial charge is 0.482 e. The van der Waals surface area contributed by atoms with Gasteiger partial charge in [-0.2, -0.15) is 15.3 Å². The summed E-state index contributed by atoms with van der Waals surface area (Å²) in [4.78, 5) is 28.3. The van der Waals surface area contributed by atoms with Gasteiger partial charge in [-0.3, -0.25) is 41.6 Å². The van der Waals surface area contributed by atoms with Crippen LogP contribution >= 0.6 is 35.5 Å². The van der Waals surface area contributed by atoms with Crippen LogP contribution in [0.1, 0.15) is 324 Å². The zero-order chi connectivity index (χ0) is 82.9. The van der Waals surface area contributed by atoms with E-state index >= 15 is 0 Å². The van der Waals surface area contributed by atoms with Crippen LogP contribution in [0, 0.1) is 0 Å². The fraction of sp³-hybridized carbons (Fsp3) is 0.859. The molecule has 0 aromatic rings. The molecule has 25 nitrogen and oxygen atoms in total. The number of hydrazine groups is 1. The lowest BCUT2D eigenvalue weighted by atomic mass is 10.5. The summed E-state index contributed by atoms with van der Waals surface area (Å²) in [6.07, 6.45) is 16.1. The number of hydroxylamine groups is 1. The first-order valence-corrected chi connectivity index (χ1v) is 41.6. The third kappa shape index (κ3) is 308. The molecule has 0 aromatic carbocycles. The molecule has 0 amide bonds. The van der Waals surface area contributed by atoms with Gasteiger partial charge in [-0.1, -0.05) is 332 Å². The van der Waals surface area contributed by atoms with Crippen LogP contribution in [0.25, 0.3) is 0 Å². The van der Waals surface area contributed by atoms with Crippen molar-refractivity contribution in [3.63, 3.8) is 0 Å². The summed E-state index contributed by atoms with van der Waals surface area (Å²) in [5, 5.41) is 24.6. The van der Waals surface area contributed by atoms with Crippen molar-refractivity contribution >= 4 is 97.1 Å². The molecule has 0 aliphatic carbocycles. The van der Waals surface area contributed by atoms with Gasteiger partial charge in [0.1, 0.15) is 26.2 Å². The summed E-state index contributed by atoms with van der Waals surface area (Å²) in [5.41, 5.74) is 22.4. The van der Waals surface area contributed by atoms with Gasteiger partial charge in [-0.25, -0.2) is 14.8 Å². The zero-order valence-corrected chi connectivity index (χ0v) is 76.8. The minimum absolute atomic E-state index is 0.278. The maximum atomic E-state index is 4.65. The highest BCUT2D eigenvalue weighted by molar-refractivity contribution is 8.12. The standard InChI is InChI=1S/C3H6N2.2C3H5NO.2C3H5NS.2C2H5N3.2C2H4N2O.C2H4N2S.C2H3NO2.22C2H6/c1-2-4-5-3-1;1-2-5-3-4-1;1-2-4-5-3-1;1-2-5-3-4-1;1-2-4-5-3-1;1-3-2-5-4-1;1-2-4-5-3-1;1-3-4-2-5-1;1-3-2-5-4-1;1-3-4-2-5-1;1-3-5-2-4-1;22*1-2/h2,5H,1,3H2;3H,1-2H2;2H,1,3H2;3H,1-2H2;2H,1,3H2;1,5H,2H2,(H,3,4);1-2H2,(H,3,4);1,4H,2H2;1H,2H2,(H,3,4);1,4H,2H2;1H,2H2;22*1-2H3. The Morgan fingerprint density at radius 2 is 0.929 bits per heavy atom. The average molecular weight is 1500 g/mol. The molecule has 7 N–H and O–H groups in total. The van der Waals surface area contributed by atoms with E-state index in [1.165, 1.54) is 43.5 Å². The fourth-order valence-electron chi connectivity index (χ4n) is 2.57. The minimum Gasteiger partial charge on any atom is -0.482 e. The smallest absolute Gasteiger partial charge is 0.257 e. The number of nitrogens with zero attached hydrogens (tertiary/aromatic N) is 12. The third-order valence-corrected chi connectivity index (χ3v) is 6.81. The van der Waals surface area contributed by atoms with E-state index < -0.39 is 0 Å². The second kappa shape index (κ2) is 315. The van der Waals surface area contributed by atoms with Crippen LogP contribution in [-0.2, 0) is 28.7 Å². The molecule has 0 atom stereocenters. The summed E-state index contributed by atoms with van der Waals surface area (Å²) in [5.74, 6) is 3.33. The van der Waals surface area contributed by atoms with E-state index in [0.717, 1.165) is 64.7 Å². The lowest BCUT2D eigenvalue weighted by molar-refractivity contribution is 0.0595. The van der Waals surface area contributed by atoms with Crippen molar-refractivity contribution in [3.05, 3.63) is 0 Å². The van der Waals surface area contributed by atoms with Crippen LogP contribution in [-0.4, -0.2) is 152 Å². The number of hydrazone groups is 3. The molecule has 616 valence electrons. The molecule has 0 saturated heterocycles. The van der Waals surface area contributed by atoms with Crippen LogP contribution in [0.4, 0.5) is 0 Å². The number of hydrogen-bond donors (Lipinski definition) is 7. The van der Waals surface area contributed by atoms with Crippen molar-refractivity contribution < 1.29 is 28.7 Å². The topological polar surface area (TPSA) is 288 Å². The Morgan fingerprint density at radius 3 is 1.04 bits per heavy atom. The maximum Gasteiger partial charge on any atom is 0.257 e. The monoisotopic (exact) mass is 1490 g/mol. The molecule has 11 aliphatic heterocycles. The maximum absolute atomic E-state index is 4.65. The Labute approximate surface area is 635 Å². The Morgan fingerprint density at radius 1 is 0.374 bits per heavy atom. The Kier molecular flexibility index (Phi) is 499. The van der Waals surface area contributed by atoms with Gasteiger partial charge in [0.2, 0.25) is 6.40 Å². The number of nitrogens with one attached hydrogen (secondary N) is 7. The van der Waals surface area contributed by atoms with E-state index in [1.807, 2.05) is 323 Å². The third-order valence-electron chi connectivity index (χ3n) is 4.82. The summed E-state index contributed by atoms with van der Waals surface area (Å²) >= 11 is 5.10. The summed E-state index contributed by atoms with van der Waals surface area (Å²) in [6.45, 7) is 96.2. The first kappa shape index (κ1) is 157. The second-order valence-electron chi connectivity index (χ2n) is 8.99. The average Bonchev–Trinajstić information content (AvgIpc) is 4.57. The Bertz CT molecular complexity index is 841. The molecule has 0 saturated carbocycles. The van der Waals surface area contributed by atoms with Crippen LogP contribution in [0.2, 0.25) is 0 Å². The van der Waals surface area contributed by atoms with Crippen LogP contribution in [0.15, 0.2) is 60.3 Å². The van der Waals surface area contributed by atoms with Crippen LogP contribution < -0.4 is 38.0 Å². The highest BCUT2D eigenvalue weighted by Crippen LogP contribution is 2.07. The van der Waals surface area contributed by atoms with Crippen molar-refractivity contribution in [2.45, 2.75) is 324 Å². The van der Waals surface area contributed by atoms with E-state index in [1.54, 1.807) is 53.6 Å². The van der Waals surface area contributed by atoms with E-state index in [4.69, 9.17) is 0 Å². The molecular formula is C71H183N19O6S3. The number of aliphatic imine (C=N–C) groups is 4. The molecular weight excluding hydrogens is 1310 g/mol. The van der Waals surface area contributed by atoms with Crippen LogP contribution in [0.5, 0.6) is 0 Å². The summed E-state index contributed by atoms with van der Waals surface area (Å²) in [7, 11) is 0. The van der Waals surface area contributed by atoms with Crippen molar-refractivity contribution in [3.8, 4) is 0 Å². The number of oxime groups is 2. The van der Waals surface area contributed by atoms with Gasteiger partial charge in [0.15, 0.2) is 26.3 Å². The molecule has 11 rings (SSSR count). The predicted molar refractivity (Wildman–Crippen MR) is 473 cm³/mol. The highest BCUT2D eigenvalue weighted by atomic mass is 32.2. The Hall–Kier alpha value is -4.93. The van der Waals surface area contributed by atoms with E-state index in [-0.39, 0.29) is 6.79 Å². The minimum atomic E-state index is 0.278. The molecule has 0 unspecified atom stereocenters. The number of thioether (sulfide) groups is 2. The highest BCUT2D eigenvalue weighted by Gasteiger charge is 1.89. The van der Waals surface area contributed by atoms with Crippen molar-refractivity contribution in [2.75, 3.05) is 90.2 Å². The lowest BCUT2D eigenvalue weighted by Crippen LogP contribution is -2.22. The van der Waals surface area contributed by atoms with Crippen molar-refractivity contribution in [2.24, 2.45) is 60.3 Å². The molecule has 99 heavy (non-hydrogen) atoms. The fourth-order valence-corrected chi connectivity index (χ4v) is 3.99. The van der Waals surface area contributed by atoms with Gasteiger partial charge in [-0.15, -0.1) is 16.9 Å². The van der Waals surface area contributed by atoms with Gasteiger partial charge >= 0.3 is 0 Å². The van der Waals surface area contributed by atoms with Crippen molar-refractivity contribution in [1.29, 1.82) is 0 Å². The number of ether oxygens (including phenoxy) is 3. The molecule has 0 bridgehead atoms. The summed E-state index contributed by atoms with van der Waals surface area (Å²) < 4.78 is 17.5. The normalized spacial score (nSPS) is 12.0. The predicted octanol–water partition coefficient (Wildman–Crippen LogP) is 23.1. The molecule has 11 aliphatic rings. The van der Waals surface area contributed by atoms with Crippen LogP contribution in [0.3, 0.4) is 0 Å². The quantitative estimate of drug-likeness (QED) is 0.111. The van der Waals surface area contributed by atoms with Gasteiger partial charge in [0.25, 0.3) is 6.79 Å². The molecule has 28 heteroatoms. The van der Waals surface area contributed by atoms with Gasteiger partial charge in [0.05, 0.1) is 42.9 Å². The number of hydrogen-bond acceptors (Lipinski definition) is 28. The van der Waals surface area contributed by atoms with Gasteiger partial charge in [0, 0.05) is 56.1 Å². The second-order valence-corrected chi connectivity index (χ2v) is 11.7. The van der Waals surface area contributed by atoms with Gasteiger partial charge in [-0.05, 0) is 18.4 Å². The zero-order valence-electron chi connectivity index (χ0n) is 74.3. The number of rotatable bonds is 0. The Balaban J connectivity index is -0.0000000313. The van der Waals surface area contributed by atoms with E-state index in [9.17, 15) is 0 Å². The molecule has 0 spiro atoms. The van der Waals surface area contributed by atoms with Gasteiger partial charge < -0.3 is 34.7 Å². The first-order valence-electron chi connectivity index (χ1n) is 38.6. The summed E-state index contributed by atoms with van der Waals surface area (Å²) in [6, 6.07) is 0. The SMILES string of the molecule is C1=NCCO1.C1=NCCS1.C1=NCNN1.C1=NCON1.C1=NNCC1.C1=NNCO1.C1=NNCS1.C1=NOCC1.C1=NOCO1.C1=NSCC1.C1CNN=N1.CC.CC.CC.CC.CC.CC.CC.CC.CC.CC.CC.CC.CC.CC.CC.CC.CC.CC.CC.CC.CC.CC. The molecule has 0 radical (unpaired) electrons. The molecule has 11 heterocycles. The van der Waals surface area contributed by atoms with E-state index in [2.05, 4.69) is 127 Å². The molecule has 0 fully saturated rings. The lowest BCUT2D eigenvalue weighted by Gasteiger charge is -1.80. The molecule has 0 aromatic heterocycles. The van der Waals surface area contributed by atoms with Crippen molar-refractivity contribution in [1.82, 2.24) is 38.0 Å². The van der Waals surface area contributed by atoms with E-state index in [0.29, 0.717) is 20.1 Å². The first-order chi connectivity index (χ1) is 49.5.